The molecule has 0 radical (unpaired) electrons. The second-order valence-electron chi connectivity index (χ2n) is 5.09. The highest BCUT2D eigenvalue weighted by Crippen LogP contribution is 2.30. The van der Waals surface area contributed by atoms with E-state index >= 15 is 0 Å². The van der Waals surface area contributed by atoms with E-state index in [2.05, 4.69) is 53.4 Å². The van der Waals surface area contributed by atoms with Crippen LogP contribution in [0.1, 0.15) is 33.6 Å². The molecule has 1 heterocycles. The van der Waals surface area contributed by atoms with E-state index in [1.807, 2.05) is 0 Å². The predicted molar refractivity (Wildman–Crippen MR) is 75.2 cm³/mol. The lowest BCUT2D eigenvalue weighted by Gasteiger charge is -2.25. The smallest absolute Gasteiger partial charge is 0.0116 e. The zero-order valence-electron chi connectivity index (χ0n) is 10.3. The summed E-state index contributed by atoms with van der Waals surface area (Å²) in [6.07, 6.45) is 2.62. The third kappa shape index (κ3) is 5.10. The molecule has 1 unspecified atom stereocenters. The number of alkyl halides is 1. The van der Waals surface area contributed by atoms with Crippen molar-refractivity contribution in [2.24, 2.45) is 5.92 Å². The van der Waals surface area contributed by atoms with E-state index in [9.17, 15) is 0 Å². The average Bonchev–Trinajstić information content (AvgIpc) is 2.36. The first-order chi connectivity index (χ1) is 7.07. The van der Waals surface area contributed by atoms with Gasteiger partial charge in [0.15, 0.2) is 0 Å². The maximum atomic E-state index is 3.61. The van der Waals surface area contributed by atoms with Crippen LogP contribution in [-0.2, 0) is 0 Å². The number of halogens is 1. The summed E-state index contributed by atoms with van der Waals surface area (Å²) in [5.41, 5.74) is 0. The van der Waals surface area contributed by atoms with E-state index in [1.54, 1.807) is 0 Å². The van der Waals surface area contributed by atoms with Gasteiger partial charge in [0.05, 0.1) is 0 Å². The summed E-state index contributed by atoms with van der Waals surface area (Å²) in [6, 6.07) is 0. The monoisotopic (exact) mass is 293 g/mol. The average molecular weight is 294 g/mol. The lowest BCUT2D eigenvalue weighted by atomic mass is 10.1. The Morgan fingerprint density at radius 3 is 2.73 bits per heavy atom. The summed E-state index contributed by atoms with van der Waals surface area (Å²) in [4.78, 5) is 2.65. The highest BCUT2D eigenvalue weighted by molar-refractivity contribution is 9.09. The third-order valence-corrected chi connectivity index (χ3v) is 5.53. The third-order valence-electron chi connectivity index (χ3n) is 3.24. The number of thioether (sulfide) groups is 1. The van der Waals surface area contributed by atoms with Crippen LogP contribution in [0.2, 0.25) is 0 Å². The van der Waals surface area contributed by atoms with Gasteiger partial charge in [-0.25, -0.2) is 0 Å². The van der Waals surface area contributed by atoms with Crippen molar-refractivity contribution in [3.05, 3.63) is 0 Å². The van der Waals surface area contributed by atoms with Gasteiger partial charge in [-0.2, -0.15) is 11.8 Å². The van der Waals surface area contributed by atoms with Crippen LogP contribution in [0.25, 0.3) is 0 Å². The van der Waals surface area contributed by atoms with E-state index in [0.29, 0.717) is 4.75 Å². The van der Waals surface area contributed by atoms with Gasteiger partial charge in [0.1, 0.15) is 0 Å². The Labute approximate surface area is 107 Å². The van der Waals surface area contributed by atoms with E-state index in [1.165, 1.54) is 38.2 Å². The Kier molecular flexibility index (Phi) is 6.01. The van der Waals surface area contributed by atoms with Gasteiger partial charge in [0, 0.05) is 28.9 Å². The van der Waals surface area contributed by atoms with Crippen LogP contribution in [0.15, 0.2) is 0 Å². The van der Waals surface area contributed by atoms with Crippen LogP contribution in [0.4, 0.5) is 0 Å². The summed E-state index contributed by atoms with van der Waals surface area (Å²) < 4.78 is 0.491. The minimum atomic E-state index is 0.491. The molecule has 0 saturated carbocycles. The Balaban J connectivity index is 2.37. The van der Waals surface area contributed by atoms with Crippen LogP contribution in [0.5, 0.6) is 0 Å². The molecule has 0 spiro atoms. The number of nitrogens with zero attached hydrogens (tertiary/aromatic N) is 1. The largest absolute Gasteiger partial charge is 0.302 e. The Morgan fingerprint density at radius 2 is 2.13 bits per heavy atom. The number of hydrogen-bond acceptors (Lipinski definition) is 2. The molecule has 0 N–H and O–H groups in total. The molecule has 1 aliphatic rings. The van der Waals surface area contributed by atoms with Crippen LogP contribution in [0, 0.1) is 5.92 Å². The Hall–Kier alpha value is 0.790. The van der Waals surface area contributed by atoms with Gasteiger partial charge in [-0.1, -0.05) is 43.1 Å². The van der Waals surface area contributed by atoms with E-state index in [4.69, 9.17) is 0 Å². The number of rotatable bonds is 4. The molecule has 15 heavy (non-hydrogen) atoms. The zero-order chi connectivity index (χ0) is 11.3. The molecule has 0 aromatic carbocycles. The van der Waals surface area contributed by atoms with Crippen molar-refractivity contribution in [3.8, 4) is 0 Å². The van der Waals surface area contributed by atoms with Crippen molar-refractivity contribution < 1.29 is 0 Å². The quantitative estimate of drug-likeness (QED) is 0.729. The molecule has 1 rings (SSSR count). The van der Waals surface area contributed by atoms with Crippen molar-refractivity contribution in [3.63, 3.8) is 0 Å². The molecule has 90 valence electrons. The summed E-state index contributed by atoms with van der Waals surface area (Å²) in [5.74, 6) is 2.13. The lowest BCUT2D eigenvalue weighted by Crippen LogP contribution is -2.32. The first kappa shape index (κ1) is 13.9. The summed E-state index contributed by atoms with van der Waals surface area (Å²) in [5, 5.41) is 1.15. The normalized spacial score (nSPS) is 24.8. The van der Waals surface area contributed by atoms with Gasteiger partial charge in [0.2, 0.25) is 0 Å². The molecule has 0 bridgehead atoms. The fourth-order valence-corrected chi connectivity index (χ4v) is 3.70. The van der Waals surface area contributed by atoms with E-state index in [-0.39, 0.29) is 0 Å². The molecule has 1 atom stereocenters. The molecule has 0 amide bonds. The van der Waals surface area contributed by atoms with Crippen LogP contribution in [0.3, 0.4) is 0 Å². The molecule has 1 saturated heterocycles. The van der Waals surface area contributed by atoms with Gasteiger partial charge >= 0.3 is 0 Å². The van der Waals surface area contributed by atoms with Crippen molar-refractivity contribution >= 4 is 27.7 Å². The predicted octanol–water partition coefficient (Wildman–Crippen LogP) is 3.63. The second kappa shape index (κ2) is 6.51. The van der Waals surface area contributed by atoms with Crippen molar-refractivity contribution in [1.29, 1.82) is 0 Å². The van der Waals surface area contributed by atoms with E-state index < -0.39 is 0 Å². The van der Waals surface area contributed by atoms with Crippen molar-refractivity contribution in [2.75, 3.05) is 30.7 Å². The molecule has 1 aliphatic heterocycles. The van der Waals surface area contributed by atoms with Gasteiger partial charge in [-0.15, -0.1) is 0 Å². The second-order valence-corrected chi connectivity index (χ2v) is 7.54. The summed E-state index contributed by atoms with van der Waals surface area (Å²) in [7, 11) is 0. The van der Waals surface area contributed by atoms with Gasteiger partial charge in [-0.05, 0) is 18.9 Å². The van der Waals surface area contributed by atoms with Gasteiger partial charge in [0.25, 0.3) is 0 Å². The first-order valence-corrected chi connectivity index (χ1v) is 8.10. The van der Waals surface area contributed by atoms with E-state index in [0.717, 1.165) is 11.2 Å². The minimum absolute atomic E-state index is 0.491. The highest BCUT2D eigenvalue weighted by Gasteiger charge is 2.24. The summed E-state index contributed by atoms with van der Waals surface area (Å²) >= 11 is 5.75. The van der Waals surface area contributed by atoms with Crippen LogP contribution < -0.4 is 0 Å². The maximum Gasteiger partial charge on any atom is 0.0116 e. The minimum Gasteiger partial charge on any atom is -0.302 e. The van der Waals surface area contributed by atoms with Gasteiger partial charge in [-0.3, -0.25) is 0 Å². The highest BCUT2D eigenvalue weighted by atomic mass is 79.9. The number of hydrogen-bond donors (Lipinski definition) is 0. The topological polar surface area (TPSA) is 3.24 Å². The van der Waals surface area contributed by atoms with Gasteiger partial charge < -0.3 is 4.90 Å². The molecule has 0 aromatic rings. The Morgan fingerprint density at radius 1 is 1.40 bits per heavy atom. The summed E-state index contributed by atoms with van der Waals surface area (Å²) in [6.45, 7) is 10.9. The van der Waals surface area contributed by atoms with Crippen LogP contribution >= 0.6 is 27.7 Å². The SMILES string of the molecule is CCC(CBr)CN1CCSC(C)(C)CC1. The maximum absolute atomic E-state index is 3.61. The molecule has 1 fully saturated rings. The standard InChI is InChI=1S/C12H24BrNS/c1-4-11(9-13)10-14-6-5-12(2,3)15-8-7-14/h11H,4-10H2,1-3H3. The zero-order valence-corrected chi connectivity index (χ0v) is 12.7. The molecular weight excluding hydrogens is 270 g/mol. The molecule has 3 heteroatoms. The Bertz CT molecular complexity index is 180. The van der Waals surface area contributed by atoms with Crippen LogP contribution in [-0.4, -0.2) is 40.4 Å². The molecule has 0 aromatic heterocycles. The fourth-order valence-electron chi connectivity index (χ4n) is 1.90. The fraction of sp³-hybridized carbons (Fsp3) is 1.00. The first-order valence-electron chi connectivity index (χ1n) is 5.99. The molecule has 1 nitrogen and oxygen atoms in total. The molecular formula is C12H24BrNS. The lowest BCUT2D eigenvalue weighted by molar-refractivity contribution is 0.246. The van der Waals surface area contributed by atoms with Crippen molar-refractivity contribution in [1.82, 2.24) is 4.90 Å². The van der Waals surface area contributed by atoms with Crippen molar-refractivity contribution in [2.45, 2.75) is 38.4 Å². The molecule has 0 aliphatic carbocycles.